The van der Waals surface area contributed by atoms with Gasteiger partial charge in [-0.15, -0.1) is 0 Å². The van der Waals surface area contributed by atoms with E-state index >= 15 is 0 Å². The fourth-order valence-electron chi connectivity index (χ4n) is 1.67. The van der Waals surface area contributed by atoms with Crippen LogP contribution >= 0.6 is 0 Å². The van der Waals surface area contributed by atoms with Gasteiger partial charge < -0.3 is 10.4 Å². The molecule has 1 aromatic carbocycles. The number of carbonyl (C=O) groups is 1. The fraction of sp³-hybridized carbons (Fsp3) is 0.308. The molecule has 5 nitrogen and oxygen atoms in total. The summed E-state index contributed by atoms with van der Waals surface area (Å²) in [5.74, 6) is -0.509. The first kappa shape index (κ1) is 13.2. The Morgan fingerprint density at radius 2 is 2.21 bits per heavy atom. The lowest BCUT2D eigenvalue weighted by Crippen LogP contribution is -2.05. The molecule has 19 heavy (non-hydrogen) atoms. The summed E-state index contributed by atoms with van der Waals surface area (Å²) in [7, 11) is 0. The van der Waals surface area contributed by atoms with Gasteiger partial charge >= 0.3 is 5.97 Å². The molecule has 6 heteroatoms. The maximum Gasteiger partial charge on any atom is 0.335 e. The molecule has 0 saturated carbocycles. The molecular formula is C13H14FN3O2. The van der Waals surface area contributed by atoms with Gasteiger partial charge in [0.1, 0.15) is 0 Å². The topological polar surface area (TPSA) is 75.1 Å². The lowest BCUT2D eigenvalue weighted by molar-refractivity contribution is 0.0697. The maximum atomic E-state index is 11.9. The van der Waals surface area contributed by atoms with Crippen LogP contribution in [0.25, 0.3) is 10.9 Å². The molecule has 0 atom stereocenters. The number of anilines is 1. The molecule has 2 N–H and O–H groups in total. The second-order valence-electron chi connectivity index (χ2n) is 4.10. The third-order valence-corrected chi connectivity index (χ3v) is 2.67. The number of fused-ring (bicyclic) bond motifs is 1. The molecule has 0 amide bonds. The van der Waals surface area contributed by atoms with Gasteiger partial charge in [-0.1, -0.05) is 0 Å². The number of carboxylic acids is 1. The van der Waals surface area contributed by atoms with Crippen molar-refractivity contribution in [1.29, 1.82) is 0 Å². The van der Waals surface area contributed by atoms with Crippen LogP contribution in [0.4, 0.5) is 10.3 Å². The van der Waals surface area contributed by atoms with Crippen LogP contribution in [0, 0.1) is 0 Å². The smallest absolute Gasteiger partial charge is 0.335 e. The third-order valence-electron chi connectivity index (χ3n) is 2.67. The summed E-state index contributed by atoms with van der Waals surface area (Å²) in [6.45, 7) is 0.293. The van der Waals surface area contributed by atoms with Gasteiger partial charge in [0.25, 0.3) is 0 Å². The summed E-state index contributed by atoms with van der Waals surface area (Å²) >= 11 is 0. The summed E-state index contributed by atoms with van der Waals surface area (Å²) in [4.78, 5) is 19.2. The van der Waals surface area contributed by atoms with Crippen LogP contribution in [0.2, 0.25) is 0 Å². The average Bonchev–Trinajstić information content (AvgIpc) is 2.43. The van der Waals surface area contributed by atoms with Crippen molar-refractivity contribution in [2.45, 2.75) is 12.8 Å². The first-order chi connectivity index (χ1) is 9.20. The summed E-state index contributed by atoms with van der Waals surface area (Å²) < 4.78 is 11.9. The molecule has 0 bridgehead atoms. The van der Waals surface area contributed by atoms with E-state index in [4.69, 9.17) is 5.11 Å². The molecule has 0 saturated heterocycles. The highest BCUT2D eigenvalue weighted by Crippen LogP contribution is 2.15. The number of nitrogens with one attached hydrogen (secondary N) is 1. The van der Waals surface area contributed by atoms with Crippen LogP contribution in [-0.2, 0) is 0 Å². The van der Waals surface area contributed by atoms with Crippen molar-refractivity contribution in [1.82, 2.24) is 9.97 Å². The average molecular weight is 263 g/mol. The molecule has 0 unspecified atom stereocenters. The number of aromatic nitrogens is 2. The Balaban J connectivity index is 2.12. The summed E-state index contributed by atoms with van der Waals surface area (Å²) in [6, 6.07) is 4.68. The van der Waals surface area contributed by atoms with Gasteiger partial charge in [0, 0.05) is 18.1 Å². The second-order valence-corrected chi connectivity index (χ2v) is 4.10. The molecular weight excluding hydrogens is 249 g/mol. The van der Waals surface area contributed by atoms with Crippen molar-refractivity contribution < 1.29 is 14.3 Å². The second kappa shape index (κ2) is 6.08. The standard InChI is InChI=1S/C13H14FN3O2/c14-5-1-2-6-15-13-16-8-10-7-9(12(18)19)3-4-11(10)17-13/h3-4,7-8H,1-2,5-6H2,(H,18,19)(H,15,16,17). The minimum absolute atomic E-state index is 0.208. The molecule has 0 spiro atoms. The molecule has 1 heterocycles. The van der Waals surface area contributed by atoms with Crippen LogP contribution in [0.1, 0.15) is 23.2 Å². The van der Waals surface area contributed by atoms with Crippen LogP contribution in [0.15, 0.2) is 24.4 Å². The number of halogens is 1. The Hall–Kier alpha value is -2.24. The largest absolute Gasteiger partial charge is 0.478 e. The summed E-state index contributed by atoms with van der Waals surface area (Å²) in [6.07, 6.45) is 2.81. The third kappa shape index (κ3) is 3.37. The number of alkyl halides is 1. The maximum absolute atomic E-state index is 11.9. The monoisotopic (exact) mass is 263 g/mol. The number of rotatable bonds is 6. The quantitative estimate of drug-likeness (QED) is 0.783. The first-order valence-electron chi connectivity index (χ1n) is 6.00. The molecule has 1 aromatic heterocycles. The van der Waals surface area contributed by atoms with Crippen molar-refractivity contribution in [3.05, 3.63) is 30.0 Å². The van der Waals surface area contributed by atoms with E-state index in [1.54, 1.807) is 12.3 Å². The van der Waals surface area contributed by atoms with E-state index in [-0.39, 0.29) is 12.2 Å². The lowest BCUT2D eigenvalue weighted by Gasteiger charge is -2.05. The normalized spacial score (nSPS) is 10.6. The van der Waals surface area contributed by atoms with Gasteiger partial charge in [-0.25, -0.2) is 14.8 Å². The molecule has 0 aliphatic rings. The molecule has 0 aliphatic carbocycles. The van der Waals surface area contributed by atoms with Crippen molar-refractivity contribution in [2.75, 3.05) is 18.5 Å². The zero-order chi connectivity index (χ0) is 13.7. The van der Waals surface area contributed by atoms with Crippen molar-refractivity contribution in [3.63, 3.8) is 0 Å². The molecule has 2 rings (SSSR count). The van der Waals surface area contributed by atoms with Crippen molar-refractivity contribution in [2.24, 2.45) is 0 Å². The Morgan fingerprint density at radius 1 is 1.37 bits per heavy atom. The van der Waals surface area contributed by atoms with Gasteiger partial charge in [0.05, 0.1) is 17.8 Å². The van der Waals surface area contributed by atoms with Crippen LogP contribution < -0.4 is 5.32 Å². The number of carboxylic acid groups (broad SMARTS) is 1. The number of nitrogens with zero attached hydrogens (tertiary/aromatic N) is 2. The van der Waals surface area contributed by atoms with E-state index in [0.29, 0.717) is 29.8 Å². The van der Waals surface area contributed by atoms with Gasteiger partial charge in [-0.3, -0.25) is 4.39 Å². The Bertz CT molecular complexity index is 589. The van der Waals surface area contributed by atoms with E-state index in [2.05, 4.69) is 15.3 Å². The fourth-order valence-corrected chi connectivity index (χ4v) is 1.67. The SMILES string of the molecule is O=C(O)c1ccc2nc(NCCCCF)ncc2c1. The highest BCUT2D eigenvalue weighted by Gasteiger charge is 2.05. The lowest BCUT2D eigenvalue weighted by atomic mass is 10.1. The number of hydrogen-bond donors (Lipinski definition) is 2. The summed E-state index contributed by atoms with van der Waals surface area (Å²) in [5, 5.41) is 12.6. The highest BCUT2D eigenvalue weighted by atomic mass is 19.1. The Kier molecular flexibility index (Phi) is 4.22. The van der Waals surface area contributed by atoms with Crippen LogP contribution in [0.5, 0.6) is 0 Å². The molecule has 2 aromatic rings. The van der Waals surface area contributed by atoms with Crippen LogP contribution in [0.3, 0.4) is 0 Å². The van der Waals surface area contributed by atoms with E-state index in [9.17, 15) is 9.18 Å². The van der Waals surface area contributed by atoms with E-state index in [0.717, 1.165) is 6.42 Å². The zero-order valence-electron chi connectivity index (χ0n) is 10.3. The Labute approximate surface area is 109 Å². The number of benzene rings is 1. The number of unbranched alkanes of at least 4 members (excludes halogenated alkanes) is 1. The summed E-state index contributed by atoms with van der Waals surface area (Å²) in [5.41, 5.74) is 0.882. The zero-order valence-corrected chi connectivity index (χ0v) is 10.3. The van der Waals surface area contributed by atoms with E-state index in [1.807, 2.05) is 0 Å². The highest BCUT2D eigenvalue weighted by molar-refractivity contribution is 5.93. The van der Waals surface area contributed by atoms with Crippen molar-refractivity contribution in [3.8, 4) is 0 Å². The Morgan fingerprint density at radius 3 is 2.95 bits per heavy atom. The number of aromatic carboxylic acids is 1. The van der Waals surface area contributed by atoms with Gasteiger partial charge in [0.15, 0.2) is 0 Å². The van der Waals surface area contributed by atoms with Gasteiger partial charge in [-0.05, 0) is 31.0 Å². The minimum Gasteiger partial charge on any atom is -0.478 e. The van der Waals surface area contributed by atoms with E-state index < -0.39 is 5.97 Å². The van der Waals surface area contributed by atoms with Crippen LogP contribution in [-0.4, -0.2) is 34.3 Å². The first-order valence-corrected chi connectivity index (χ1v) is 6.00. The predicted molar refractivity (Wildman–Crippen MR) is 70.2 cm³/mol. The molecule has 0 aliphatic heterocycles. The van der Waals surface area contributed by atoms with Gasteiger partial charge in [0.2, 0.25) is 5.95 Å². The van der Waals surface area contributed by atoms with E-state index in [1.165, 1.54) is 12.1 Å². The minimum atomic E-state index is -0.977. The molecule has 0 fully saturated rings. The number of hydrogen-bond acceptors (Lipinski definition) is 4. The molecule has 100 valence electrons. The molecule has 0 radical (unpaired) electrons. The predicted octanol–water partition coefficient (Wildman–Crippen LogP) is 2.49. The van der Waals surface area contributed by atoms with Crippen molar-refractivity contribution >= 4 is 22.8 Å². The van der Waals surface area contributed by atoms with Gasteiger partial charge in [-0.2, -0.15) is 0 Å².